The molecular weight excluding hydrogens is 358 g/mol. The van der Waals surface area contributed by atoms with E-state index in [1.807, 2.05) is 26.8 Å². The van der Waals surface area contributed by atoms with E-state index in [-0.39, 0.29) is 18.9 Å². The Balaban J connectivity index is 2.04. The molecule has 0 saturated heterocycles. The lowest BCUT2D eigenvalue weighted by Gasteiger charge is -2.16. The summed E-state index contributed by atoms with van der Waals surface area (Å²) in [5, 5.41) is 3.18. The smallest absolute Gasteiger partial charge is 0.241 e. The Morgan fingerprint density at radius 1 is 1.12 bits per heavy atom. The van der Waals surface area contributed by atoms with Gasteiger partial charge in [-0.1, -0.05) is 6.07 Å². The lowest BCUT2D eigenvalue weighted by Crippen LogP contribution is -2.29. The molecule has 0 atom stereocenters. The van der Waals surface area contributed by atoms with Crippen LogP contribution >= 0.6 is 11.3 Å². The summed E-state index contributed by atoms with van der Waals surface area (Å²) in [6.45, 7) is 9.32. The van der Waals surface area contributed by atoms with Crippen molar-refractivity contribution in [2.75, 3.05) is 11.9 Å². The first-order valence-electron chi connectivity index (χ1n) is 7.91. The number of carbonyl (C=O) groups is 1. The molecule has 8 heteroatoms. The zero-order valence-corrected chi connectivity index (χ0v) is 16.7. The van der Waals surface area contributed by atoms with E-state index in [0.29, 0.717) is 10.0 Å². The second kappa shape index (κ2) is 7.63. The molecule has 2 aromatic rings. The van der Waals surface area contributed by atoms with Crippen molar-refractivity contribution in [2.45, 2.75) is 45.9 Å². The molecule has 1 aromatic heterocycles. The third-order valence-corrected chi connectivity index (χ3v) is 6.64. The highest BCUT2D eigenvalue weighted by Crippen LogP contribution is 2.25. The number of amides is 1. The van der Waals surface area contributed by atoms with Crippen molar-refractivity contribution in [2.24, 2.45) is 0 Å². The molecule has 0 radical (unpaired) electrons. The van der Waals surface area contributed by atoms with E-state index < -0.39 is 10.0 Å². The highest BCUT2D eigenvalue weighted by atomic mass is 32.2. The quantitative estimate of drug-likeness (QED) is 0.805. The van der Waals surface area contributed by atoms with E-state index in [0.717, 1.165) is 27.1 Å². The molecule has 1 heterocycles. The Labute approximate surface area is 152 Å². The van der Waals surface area contributed by atoms with Crippen LogP contribution in [-0.2, 0) is 14.8 Å². The summed E-state index contributed by atoms with van der Waals surface area (Å²) in [5.74, 6) is -0.272. The van der Waals surface area contributed by atoms with Crippen molar-refractivity contribution < 1.29 is 13.2 Å². The highest BCUT2D eigenvalue weighted by Gasteiger charge is 2.22. The highest BCUT2D eigenvalue weighted by molar-refractivity contribution is 7.89. The number of rotatable bonds is 6. The Bertz CT molecular complexity index is 876. The molecule has 0 fully saturated rings. The molecule has 0 aliphatic rings. The van der Waals surface area contributed by atoms with Gasteiger partial charge in [-0.05, 0) is 56.9 Å². The molecule has 0 spiro atoms. The molecule has 0 bridgehead atoms. The molecule has 0 unspecified atom stereocenters. The molecular formula is C17H23N3O3S2. The van der Waals surface area contributed by atoms with Crippen LogP contribution in [0.3, 0.4) is 0 Å². The number of thiazole rings is 1. The number of aromatic nitrogens is 1. The largest absolute Gasteiger partial charge is 0.302 e. The molecule has 1 amide bonds. The number of hydrogen-bond acceptors (Lipinski definition) is 5. The van der Waals surface area contributed by atoms with Gasteiger partial charge in [-0.2, -0.15) is 0 Å². The van der Waals surface area contributed by atoms with E-state index in [1.54, 1.807) is 20.0 Å². The maximum absolute atomic E-state index is 12.7. The molecule has 0 aliphatic carbocycles. The van der Waals surface area contributed by atoms with Gasteiger partial charge in [0.1, 0.15) is 0 Å². The summed E-state index contributed by atoms with van der Waals surface area (Å²) in [6.07, 6.45) is 1.72. The first-order valence-corrected chi connectivity index (χ1v) is 10.2. The van der Waals surface area contributed by atoms with E-state index in [4.69, 9.17) is 0 Å². The molecule has 136 valence electrons. The van der Waals surface area contributed by atoms with Gasteiger partial charge in [-0.15, -0.1) is 11.3 Å². The number of aryl methyl sites for hydroxylation is 3. The van der Waals surface area contributed by atoms with Gasteiger partial charge in [-0.3, -0.25) is 4.79 Å². The Kier molecular flexibility index (Phi) is 5.97. The van der Waals surface area contributed by atoms with Crippen LogP contribution in [0.2, 0.25) is 0 Å². The van der Waals surface area contributed by atoms with E-state index in [9.17, 15) is 13.2 Å². The average molecular weight is 382 g/mol. The first-order chi connectivity index (χ1) is 11.6. The average Bonchev–Trinajstić information content (AvgIpc) is 2.90. The normalized spacial score (nSPS) is 11.6. The lowest BCUT2D eigenvalue weighted by atomic mass is 10.0. The predicted octanol–water partition coefficient (Wildman–Crippen LogP) is 2.99. The summed E-state index contributed by atoms with van der Waals surface area (Å²) in [7, 11) is -3.67. The predicted molar refractivity (Wildman–Crippen MR) is 101 cm³/mol. The molecule has 6 nitrogen and oxygen atoms in total. The van der Waals surface area contributed by atoms with Crippen LogP contribution in [-0.4, -0.2) is 25.9 Å². The number of nitrogens with zero attached hydrogens (tertiary/aromatic N) is 1. The maximum atomic E-state index is 12.7. The van der Waals surface area contributed by atoms with Crippen LogP contribution in [0.15, 0.2) is 17.2 Å². The van der Waals surface area contributed by atoms with Crippen LogP contribution < -0.4 is 10.0 Å². The number of carbonyl (C=O) groups excluding carboxylic acids is 1. The van der Waals surface area contributed by atoms with Gasteiger partial charge < -0.3 is 5.32 Å². The molecule has 0 saturated carbocycles. The first kappa shape index (κ1) is 19.6. The van der Waals surface area contributed by atoms with Crippen molar-refractivity contribution in [3.05, 3.63) is 39.4 Å². The number of nitrogens with one attached hydrogen (secondary N) is 2. The lowest BCUT2D eigenvalue weighted by molar-refractivity contribution is -0.116. The minimum absolute atomic E-state index is 0.0321. The molecule has 2 rings (SSSR count). The van der Waals surface area contributed by atoms with Gasteiger partial charge in [0.25, 0.3) is 0 Å². The van der Waals surface area contributed by atoms with Gasteiger partial charge >= 0.3 is 0 Å². The molecule has 25 heavy (non-hydrogen) atoms. The fourth-order valence-corrected chi connectivity index (χ4v) is 4.87. The third-order valence-electron chi connectivity index (χ3n) is 4.08. The number of sulfonamides is 1. The van der Waals surface area contributed by atoms with Crippen LogP contribution in [0.5, 0.6) is 0 Å². The SMILES string of the molecule is Cc1cnc(NC(=O)CCNS(=O)(=O)c2c(C)c(C)cc(C)c2C)s1. The van der Waals surface area contributed by atoms with Crippen molar-refractivity contribution >= 4 is 32.4 Å². The monoisotopic (exact) mass is 381 g/mol. The van der Waals surface area contributed by atoms with Gasteiger partial charge in [0.2, 0.25) is 15.9 Å². The van der Waals surface area contributed by atoms with Crippen LogP contribution in [0.25, 0.3) is 0 Å². The summed E-state index contributed by atoms with van der Waals surface area (Å²) in [5.41, 5.74) is 3.33. The zero-order valence-electron chi connectivity index (χ0n) is 15.1. The number of benzene rings is 1. The van der Waals surface area contributed by atoms with Crippen molar-refractivity contribution in [3.63, 3.8) is 0 Å². The zero-order chi connectivity index (χ0) is 18.8. The summed E-state index contributed by atoms with van der Waals surface area (Å²) >= 11 is 1.38. The Morgan fingerprint density at radius 3 is 2.24 bits per heavy atom. The van der Waals surface area contributed by atoms with E-state index in [2.05, 4.69) is 15.0 Å². The molecule has 1 aromatic carbocycles. The van der Waals surface area contributed by atoms with E-state index in [1.165, 1.54) is 11.3 Å². The minimum Gasteiger partial charge on any atom is -0.302 e. The molecule has 2 N–H and O–H groups in total. The number of hydrogen-bond donors (Lipinski definition) is 2. The van der Waals surface area contributed by atoms with Crippen molar-refractivity contribution in [3.8, 4) is 0 Å². The van der Waals surface area contributed by atoms with Gasteiger partial charge in [0.15, 0.2) is 5.13 Å². The molecule has 0 aliphatic heterocycles. The van der Waals surface area contributed by atoms with Gasteiger partial charge in [0, 0.05) is 24.0 Å². The second-order valence-corrected chi connectivity index (χ2v) is 9.00. The second-order valence-electron chi connectivity index (χ2n) is 6.06. The summed E-state index contributed by atoms with van der Waals surface area (Å²) in [4.78, 5) is 17.3. The van der Waals surface area contributed by atoms with Crippen LogP contribution in [0.1, 0.15) is 33.6 Å². The Hall–Kier alpha value is -1.77. The van der Waals surface area contributed by atoms with Crippen LogP contribution in [0.4, 0.5) is 5.13 Å². The van der Waals surface area contributed by atoms with E-state index >= 15 is 0 Å². The number of anilines is 1. The van der Waals surface area contributed by atoms with Crippen LogP contribution in [0, 0.1) is 34.6 Å². The Morgan fingerprint density at radius 2 is 1.72 bits per heavy atom. The topological polar surface area (TPSA) is 88.2 Å². The van der Waals surface area contributed by atoms with Gasteiger partial charge in [-0.25, -0.2) is 18.1 Å². The standard InChI is InChI=1S/C17H23N3O3S2/c1-10-8-11(2)14(5)16(13(10)4)25(22,23)19-7-6-15(21)20-17-18-9-12(3)24-17/h8-9,19H,6-7H2,1-5H3,(H,18,20,21). The fraction of sp³-hybridized carbons (Fsp3) is 0.412. The summed E-state index contributed by atoms with van der Waals surface area (Å²) in [6, 6.07) is 1.98. The van der Waals surface area contributed by atoms with Crippen molar-refractivity contribution in [1.82, 2.24) is 9.71 Å². The third kappa shape index (κ3) is 4.65. The maximum Gasteiger partial charge on any atom is 0.241 e. The van der Waals surface area contributed by atoms with Gasteiger partial charge in [0.05, 0.1) is 4.90 Å². The fourth-order valence-electron chi connectivity index (χ4n) is 2.55. The minimum atomic E-state index is -3.67. The summed E-state index contributed by atoms with van der Waals surface area (Å²) < 4.78 is 27.9. The van der Waals surface area contributed by atoms with Crippen molar-refractivity contribution in [1.29, 1.82) is 0 Å².